The molecule has 0 unspecified atom stereocenters. The average Bonchev–Trinajstić information content (AvgIpc) is 2.78. The lowest BCUT2D eigenvalue weighted by Crippen LogP contribution is -1.92. The van der Waals surface area contributed by atoms with Crippen molar-refractivity contribution in [3.63, 3.8) is 0 Å². The molecule has 17 heavy (non-hydrogen) atoms. The fourth-order valence-corrected chi connectivity index (χ4v) is 1.89. The normalized spacial score (nSPS) is 10.9. The second kappa shape index (κ2) is 3.82. The van der Waals surface area contributed by atoms with Crippen LogP contribution in [0.15, 0.2) is 42.9 Å². The quantitative estimate of drug-likeness (QED) is 0.661. The van der Waals surface area contributed by atoms with Crippen LogP contribution in [0.25, 0.3) is 16.9 Å². The molecule has 0 spiro atoms. The zero-order chi connectivity index (χ0) is 11.8. The molecular weight excluding hydrogens is 241 g/mol. The second-order valence-electron chi connectivity index (χ2n) is 3.58. The van der Waals surface area contributed by atoms with E-state index in [1.54, 1.807) is 35.1 Å². The minimum absolute atomic E-state index is 0.274. The van der Waals surface area contributed by atoms with E-state index in [0.29, 0.717) is 16.5 Å². The van der Waals surface area contributed by atoms with Crippen molar-refractivity contribution < 1.29 is 4.39 Å². The first-order chi connectivity index (χ1) is 8.24. The van der Waals surface area contributed by atoms with Crippen molar-refractivity contribution in [2.24, 2.45) is 0 Å². The molecule has 0 amide bonds. The predicted molar refractivity (Wildman–Crippen MR) is 63.4 cm³/mol. The molecule has 5 heteroatoms. The maximum atomic E-state index is 12.8. The van der Waals surface area contributed by atoms with Crippen molar-refractivity contribution in [2.75, 3.05) is 0 Å². The van der Waals surface area contributed by atoms with Crippen LogP contribution >= 0.6 is 11.6 Å². The number of imidazole rings is 1. The Kier molecular flexibility index (Phi) is 2.30. The Bertz CT molecular complexity index is 676. The molecule has 0 aliphatic carbocycles. The van der Waals surface area contributed by atoms with E-state index in [-0.39, 0.29) is 5.82 Å². The predicted octanol–water partition coefficient (Wildman–Crippen LogP) is 3.19. The number of hydrogen-bond donors (Lipinski definition) is 0. The Hall–Kier alpha value is -1.94. The zero-order valence-corrected chi connectivity index (χ0v) is 9.39. The van der Waals surface area contributed by atoms with Crippen LogP contribution in [-0.2, 0) is 0 Å². The summed E-state index contributed by atoms with van der Waals surface area (Å²) in [5, 5.41) is 0.330. The van der Waals surface area contributed by atoms with E-state index < -0.39 is 0 Å². The first-order valence-electron chi connectivity index (χ1n) is 4.99. The highest BCUT2D eigenvalue weighted by molar-refractivity contribution is 6.32. The van der Waals surface area contributed by atoms with Gasteiger partial charge >= 0.3 is 0 Å². The van der Waals surface area contributed by atoms with Crippen LogP contribution in [0.3, 0.4) is 0 Å². The lowest BCUT2D eigenvalue weighted by molar-refractivity contribution is 0.628. The monoisotopic (exact) mass is 247 g/mol. The molecule has 0 radical (unpaired) electrons. The van der Waals surface area contributed by atoms with Crippen molar-refractivity contribution in [2.45, 2.75) is 0 Å². The molecule has 1 aromatic carbocycles. The third-order valence-corrected chi connectivity index (χ3v) is 2.73. The maximum absolute atomic E-state index is 12.8. The van der Waals surface area contributed by atoms with Gasteiger partial charge < -0.3 is 4.40 Å². The molecule has 0 fully saturated rings. The van der Waals surface area contributed by atoms with E-state index >= 15 is 0 Å². The van der Waals surface area contributed by atoms with Gasteiger partial charge in [-0.3, -0.25) is 0 Å². The van der Waals surface area contributed by atoms with Gasteiger partial charge in [0.15, 0.2) is 10.8 Å². The Morgan fingerprint density at radius 3 is 2.71 bits per heavy atom. The van der Waals surface area contributed by atoms with Crippen molar-refractivity contribution in [3.05, 3.63) is 53.8 Å². The standard InChI is InChI=1S/C12H7ClFN3/c13-11-12-15-5-6-17(12)7-10(16-11)8-1-3-9(14)4-2-8/h1-7H. The molecule has 0 N–H and O–H groups in total. The number of fused-ring (bicyclic) bond motifs is 1. The van der Waals surface area contributed by atoms with E-state index in [0.717, 1.165) is 5.56 Å². The Morgan fingerprint density at radius 2 is 1.94 bits per heavy atom. The molecule has 0 aliphatic rings. The SMILES string of the molecule is Fc1ccc(-c2cn3ccnc3c(Cl)n2)cc1. The topological polar surface area (TPSA) is 30.2 Å². The fourth-order valence-electron chi connectivity index (χ4n) is 1.65. The smallest absolute Gasteiger partial charge is 0.174 e. The lowest BCUT2D eigenvalue weighted by atomic mass is 10.1. The van der Waals surface area contributed by atoms with Crippen LogP contribution in [0, 0.1) is 5.82 Å². The summed E-state index contributed by atoms with van der Waals surface area (Å²) in [6.07, 6.45) is 5.24. The molecule has 84 valence electrons. The number of benzene rings is 1. The average molecular weight is 248 g/mol. The van der Waals surface area contributed by atoms with Crippen LogP contribution in [0.5, 0.6) is 0 Å². The van der Waals surface area contributed by atoms with Gasteiger partial charge in [-0.15, -0.1) is 0 Å². The summed E-state index contributed by atoms with van der Waals surface area (Å²) >= 11 is 6.02. The molecular formula is C12H7ClFN3. The molecule has 0 bridgehead atoms. The Morgan fingerprint density at radius 1 is 1.18 bits per heavy atom. The zero-order valence-electron chi connectivity index (χ0n) is 8.64. The Balaban J connectivity index is 2.20. The molecule has 3 nitrogen and oxygen atoms in total. The molecule has 0 aliphatic heterocycles. The largest absolute Gasteiger partial charge is 0.302 e. The third-order valence-electron chi connectivity index (χ3n) is 2.47. The van der Waals surface area contributed by atoms with Gasteiger partial charge in [-0.1, -0.05) is 11.6 Å². The summed E-state index contributed by atoms with van der Waals surface area (Å²) in [4.78, 5) is 8.31. The number of aromatic nitrogens is 3. The number of hydrogen-bond acceptors (Lipinski definition) is 2. The number of rotatable bonds is 1. The van der Waals surface area contributed by atoms with Crippen molar-refractivity contribution in [1.29, 1.82) is 0 Å². The first-order valence-corrected chi connectivity index (χ1v) is 5.37. The van der Waals surface area contributed by atoms with Gasteiger partial charge in [-0.25, -0.2) is 14.4 Å². The second-order valence-corrected chi connectivity index (χ2v) is 3.94. The number of halogens is 2. The molecule has 3 aromatic rings. The minimum Gasteiger partial charge on any atom is -0.302 e. The lowest BCUT2D eigenvalue weighted by Gasteiger charge is -2.03. The first kappa shape index (κ1) is 10.2. The van der Waals surface area contributed by atoms with Crippen molar-refractivity contribution in [3.8, 4) is 11.3 Å². The molecule has 0 saturated carbocycles. The molecule has 0 saturated heterocycles. The van der Waals surface area contributed by atoms with Gasteiger partial charge in [0.05, 0.1) is 5.69 Å². The van der Waals surface area contributed by atoms with Crippen molar-refractivity contribution >= 4 is 17.2 Å². The molecule has 2 heterocycles. The van der Waals surface area contributed by atoms with Crippen molar-refractivity contribution in [1.82, 2.24) is 14.4 Å². The summed E-state index contributed by atoms with van der Waals surface area (Å²) in [7, 11) is 0. The van der Waals surface area contributed by atoms with Gasteiger partial charge in [0, 0.05) is 24.2 Å². The van der Waals surface area contributed by atoms with E-state index in [2.05, 4.69) is 9.97 Å². The maximum Gasteiger partial charge on any atom is 0.174 e. The van der Waals surface area contributed by atoms with E-state index in [4.69, 9.17) is 11.6 Å². The van der Waals surface area contributed by atoms with Crippen LogP contribution in [0.4, 0.5) is 4.39 Å². The highest BCUT2D eigenvalue weighted by Crippen LogP contribution is 2.21. The van der Waals surface area contributed by atoms with E-state index in [1.807, 2.05) is 0 Å². The highest BCUT2D eigenvalue weighted by Gasteiger charge is 2.06. The van der Waals surface area contributed by atoms with Gasteiger partial charge in [-0.2, -0.15) is 0 Å². The van der Waals surface area contributed by atoms with Gasteiger partial charge in [0.1, 0.15) is 5.82 Å². The highest BCUT2D eigenvalue weighted by atomic mass is 35.5. The fraction of sp³-hybridized carbons (Fsp3) is 0. The molecule has 3 rings (SSSR count). The van der Waals surface area contributed by atoms with Gasteiger partial charge in [-0.05, 0) is 24.3 Å². The molecule has 0 atom stereocenters. The van der Waals surface area contributed by atoms with Crippen LogP contribution in [-0.4, -0.2) is 14.4 Å². The van der Waals surface area contributed by atoms with E-state index in [1.165, 1.54) is 12.1 Å². The van der Waals surface area contributed by atoms with E-state index in [9.17, 15) is 4.39 Å². The molecule has 2 aromatic heterocycles. The summed E-state index contributed by atoms with van der Waals surface area (Å²) < 4.78 is 14.6. The third kappa shape index (κ3) is 1.76. The summed E-state index contributed by atoms with van der Waals surface area (Å²) in [6, 6.07) is 6.11. The van der Waals surface area contributed by atoms with Gasteiger partial charge in [0.2, 0.25) is 0 Å². The summed E-state index contributed by atoms with van der Waals surface area (Å²) in [5.41, 5.74) is 2.10. The Labute approximate surface area is 102 Å². The van der Waals surface area contributed by atoms with Gasteiger partial charge in [0.25, 0.3) is 0 Å². The summed E-state index contributed by atoms with van der Waals surface area (Å²) in [5.74, 6) is -0.274. The minimum atomic E-state index is -0.274. The van der Waals surface area contributed by atoms with Crippen LogP contribution in [0.1, 0.15) is 0 Å². The van der Waals surface area contributed by atoms with Crippen LogP contribution < -0.4 is 0 Å². The summed E-state index contributed by atoms with van der Waals surface area (Å²) in [6.45, 7) is 0. The van der Waals surface area contributed by atoms with Crippen LogP contribution in [0.2, 0.25) is 5.15 Å². The number of nitrogens with zero attached hydrogens (tertiary/aromatic N) is 3.